The molecule has 0 unspecified atom stereocenters. The smallest absolute Gasteiger partial charge is 0.342 e. The predicted octanol–water partition coefficient (Wildman–Crippen LogP) is 2.18. The summed E-state index contributed by atoms with van der Waals surface area (Å²) in [6.07, 6.45) is 1.41. The molecule has 2 heterocycles. The standard InChI is InChI=1S/C19H23FN4O3/c1-13(2)18-14(11-21-22-18)19(26)27-12-17(25)24-9-7-23(8-10-24)16-6-4-3-5-15(16)20/h3-6,11,13H,7-10,12H2,1-2H3,(H,21,22). The van der Waals surface area contributed by atoms with E-state index in [2.05, 4.69) is 10.2 Å². The van der Waals surface area contributed by atoms with Crippen LogP contribution in [0.15, 0.2) is 30.5 Å². The molecule has 1 aliphatic heterocycles. The first kappa shape index (κ1) is 18.9. The van der Waals surface area contributed by atoms with Crippen LogP contribution < -0.4 is 4.90 Å². The highest BCUT2D eigenvalue weighted by molar-refractivity contribution is 5.92. The van der Waals surface area contributed by atoms with Gasteiger partial charge in [-0.1, -0.05) is 26.0 Å². The van der Waals surface area contributed by atoms with Crippen molar-refractivity contribution in [2.75, 3.05) is 37.7 Å². The molecule has 0 atom stereocenters. The van der Waals surface area contributed by atoms with Gasteiger partial charge >= 0.3 is 5.97 Å². The lowest BCUT2D eigenvalue weighted by Crippen LogP contribution is -2.50. The Morgan fingerprint density at radius 3 is 2.59 bits per heavy atom. The summed E-state index contributed by atoms with van der Waals surface area (Å²) in [5, 5.41) is 6.65. The number of carbonyl (C=O) groups excluding carboxylic acids is 2. The minimum atomic E-state index is -0.564. The molecule has 1 aromatic carbocycles. The van der Waals surface area contributed by atoms with Crippen LogP contribution in [0.4, 0.5) is 10.1 Å². The van der Waals surface area contributed by atoms with Gasteiger partial charge in [-0.25, -0.2) is 9.18 Å². The largest absolute Gasteiger partial charge is 0.452 e. The Morgan fingerprint density at radius 1 is 1.22 bits per heavy atom. The molecule has 27 heavy (non-hydrogen) atoms. The van der Waals surface area contributed by atoms with Crippen LogP contribution in [-0.2, 0) is 9.53 Å². The van der Waals surface area contributed by atoms with Gasteiger partial charge in [0.2, 0.25) is 0 Å². The van der Waals surface area contributed by atoms with E-state index in [1.54, 1.807) is 23.1 Å². The van der Waals surface area contributed by atoms with Crippen molar-refractivity contribution in [3.63, 3.8) is 0 Å². The number of esters is 1. The molecule has 0 spiro atoms. The molecule has 7 nitrogen and oxygen atoms in total. The highest BCUT2D eigenvalue weighted by atomic mass is 19.1. The number of hydrogen-bond donors (Lipinski definition) is 1. The number of halogens is 1. The van der Waals surface area contributed by atoms with Gasteiger partial charge in [0.15, 0.2) is 6.61 Å². The van der Waals surface area contributed by atoms with Crippen molar-refractivity contribution >= 4 is 17.6 Å². The molecule has 3 rings (SSSR count). The van der Waals surface area contributed by atoms with E-state index in [0.717, 1.165) is 0 Å². The van der Waals surface area contributed by atoms with Crippen molar-refractivity contribution in [2.45, 2.75) is 19.8 Å². The maximum atomic E-state index is 13.9. The third-order valence-corrected chi connectivity index (χ3v) is 4.62. The number of piperazine rings is 1. The Balaban J connectivity index is 1.50. The molecule has 0 aliphatic carbocycles. The molecule has 1 saturated heterocycles. The van der Waals surface area contributed by atoms with Crippen LogP contribution in [0.2, 0.25) is 0 Å². The van der Waals surface area contributed by atoms with Crippen LogP contribution in [-0.4, -0.2) is 59.8 Å². The number of hydrogen-bond acceptors (Lipinski definition) is 5. The summed E-state index contributed by atoms with van der Waals surface area (Å²) in [6, 6.07) is 6.59. The highest BCUT2D eigenvalue weighted by Gasteiger charge is 2.24. The van der Waals surface area contributed by atoms with E-state index in [-0.39, 0.29) is 24.2 Å². The van der Waals surface area contributed by atoms with E-state index in [1.807, 2.05) is 18.7 Å². The number of para-hydroxylation sites is 1. The average molecular weight is 374 g/mol. The average Bonchev–Trinajstić information content (AvgIpc) is 3.17. The molecule has 0 bridgehead atoms. The Labute approximate surface area is 157 Å². The van der Waals surface area contributed by atoms with E-state index in [1.165, 1.54) is 12.3 Å². The second-order valence-corrected chi connectivity index (χ2v) is 6.75. The van der Waals surface area contributed by atoms with Crippen LogP contribution in [0.3, 0.4) is 0 Å². The van der Waals surface area contributed by atoms with Gasteiger partial charge in [0.25, 0.3) is 5.91 Å². The molecule has 144 valence electrons. The Morgan fingerprint density at radius 2 is 1.93 bits per heavy atom. The van der Waals surface area contributed by atoms with Crippen LogP contribution in [0.1, 0.15) is 35.8 Å². The van der Waals surface area contributed by atoms with Gasteiger partial charge < -0.3 is 14.5 Å². The normalized spacial score (nSPS) is 14.5. The van der Waals surface area contributed by atoms with Crippen LogP contribution in [0.25, 0.3) is 0 Å². The van der Waals surface area contributed by atoms with Gasteiger partial charge in [-0.2, -0.15) is 5.10 Å². The minimum absolute atomic E-state index is 0.0946. The van der Waals surface area contributed by atoms with Crippen molar-refractivity contribution in [2.24, 2.45) is 0 Å². The van der Waals surface area contributed by atoms with Crippen LogP contribution >= 0.6 is 0 Å². The zero-order valence-corrected chi connectivity index (χ0v) is 15.4. The predicted molar refractivity (Wildman–Crippen MR) is 98.2 cm³/mol. The van der Waals surface area contributed by atoms with Crippen molar-refractivity contribution in [3.8, 4) is 0 Å². The molecule has 1 N–H and O–H groups in total. The number of anilines is 1. The fourth-order valence-corrected chi connectivity index (χ4v) is 3.10. The maximum absolute atomic E-state index is 13.9. The lowest BCUT2D eigenvalue weighted by atomic mass is 10.1. The number of H-pyrrole nitrogens is 1. The fraction of sp³-hybridized carbons (Fsp3) is 0.421. The van der Waals surface area contributed by atoms with E-state index in [4.69, 9.17) is 4.74 Å². The number of ether oxygens (including phenoxy) is 1. The van der Waals surface area contributed by atoms with Gasteiger partial charge in [0.05, 0.1) is 17.6 Å². The molecule has 0 saturated carbocycles. The van der Waals surface area contributed by atoms with E-state index in [9.17, 15) is 14.0 Å². The van der Waals surface area contributed by atoms with Crippen LogP contribution in [0.5, 0.6) is 0 Å². The molecule has 8 heteroatoms. The lowest BCUT2D eigenvalue weighted by molar-refractivity contribution is -0.134. The minimum Gasteiger partial charge on any atom is -0.452 e. The molecular weight excluding hydrogens is 351 g/mol. The summed E-state index contributed by atoms with van der Waals surface area (Å²) in [5.74, 6) is -0.999. The Hall–Kier alpha value is -2.90. The first-order chi connectivity index (χ1) is 13.0. The summed E-state index contributed by atoms with van der Waals surface area (Å²) in [7, 11) is 0. The van der Waals surface area contributed by atoms with E-state index in [0.29, 0.717) is 43.1 Å². The van der Waals surface area contributed by atoms with Crippen molar-refractivity contribution in [3.05, 3.63) is 47.5 Å². The zero-order valence-electron chi connectivity index (χ0n) is 15.4. The number of benzene rings is 1. The fourth-order valence-electron chi connectivity index (χ4n) is 3.10. The third-order valence-electron chi connectivity index (χ3n) is 4.62. The number of carbonyl (C=O) groups is 2. The Kier molecular flexibility index (Phi) is 5.73. The van der Waals surface area contributed by atoms with Gasteiger partial charge in [0.1, 0.15) is 11.4 Å². The first-order valence-electron chi connectivity index (χ1n) is 8.95. The van der Waals surface area contributed by atoms with Crippen molar-refractivity contribution in [1.82, 2.24) is 15.1 Å². The monoisotopic (exact) mass is 374 g/mol. The van der Waals surface area contributed by atoms with Gasteiger partial charge in [-0.15, -0.1) is 0 Å². The number of rotatable bonds is 5. The number of aromatic amines is 1. The van der Waals surface area contributed by atoms with Crippen molar-refractivity contribution in [1.29, 1.82) is 0 Å². The highest BCUT2D eigenvalue weighted by Crippen LogP contribution is 2.20. The van der Waals surface area contributed by atoms with Gasteiger partial charge in [0, 0.05) is 26.2 Å². The van der Waals surface area contributed by atoms with E-state index >= 15 is 0 Å². The number of amides is 1. The summed E-state index contributed by atoms with van der Waals surface area (Å²) in [5.41, 5.74) is 1.57. The molecule has 1 aliphatic rings. The summed E-state index contributed by atoms with van der Waals surface area (Å²) < 4.78 is 19.0. The van der Waals surface area contributed by atoms with Crippen molar-refractivity contribution < 1.29 is 18.7 Å². The maximum Gasteiger partial charge on any atom is 0.342 e. The van der Waals surface area contributed by atoms with Crippen LogP contribution in [0, 0.1) is 5.82 Å². The summed E-state index contributed by atoms with van der Waals surface area (Å²) in [4.78, 5) is 28.1. The molecule has 1 amide bonds. The molecule has 1 aromatic heterocycles. The SMILES string of the molecule is CC(C)c1[nH]ncc1C(=O)OCC(=O)N1CCN(c2ccccc2F)CC1. The summed E-state index contributed by atoms with van der Waals surface area (Å²) in [6.45, 7) is 5.51. The number of aromatic nitrogens is 2. The Bertz CT molecular complexity index is 813. The second-order valence-electron chi connectivity index (χ2n) is 6.75. The third kappa shape index (κ3) is 4.27. The molecule has 1 fully saturated rings. The van der Waals surface area contributed by atoms with Gasteiger partial charge in [-0.05, 0) is 18.1 Å². The second kappa shape index (κ2) is 8.20. The number of nitrogens with zero attached hydrogens (tertiary/aromatic N) is 3. The van der Waals surface area contributed by atoms with E-state index < -0.39 is 5.97 Å². The first-order valence-corrected chi connectivity index (χ1v) is 8.95. The molecule has 2 aromatic rings. The quantitative estimate of drug-likeness (QED) is 0.812. The number of nitrogens with one attached hydrogen (secondary N) is 1. The molecule has 0 radical (unpaired) electrons. The molecular formula is C19H23FN4O3. The summed E-state index contributed by atoms with van der Waals surface area (Å²) >= 11 is 0. The van der Waals surface area contributed by atoms with Gasteiger partial charge in [-0.3, -0.25) is 9.89 Å². The topological polar surface area (TPSA) is 78.5 Å². The zero-order chi connectivity index (χ0) is 19.4. The lowest BCUT2D eigenvalue weighted by Gasteiger charge is -2.36.